The number of amidine groups is 1. The van der Waals surface area contributed by atoms with Gasteiger partial charge in [0.05, 0.1) is 29.9 Å². The van der Waals surface area contributed by atoms with Gasteiger partial charge in [-0.1, -0.05) is 0 Å². The Morgan fingerprint density at radius 2 is 2.44 bits per heavy atom. The molecule has 1 aliphatic rings. The topological polar surface area (TPSA) is 110 Å². The number of hydrogen-bond donors (Lipinski definition) is 3. The Morgan fingerprint density at radius 3 is 3.06 bits per heavy atom. The molecule has 0 saturated carbocycles. The minimum absolute atomic E-state index is 0.0667. The maximum absolute atomic E-state index is 9.82. The zero-order valence-corrected chi connectivity index (χ0v) is 9.63. The maximum atomic E-state index is 9.82. The number of nitrogens with two attached hydrogens (primary N) is 1. The monoisotopic (exact) mass is 247 g/mol. The minimum atomic E-state index is -0.117. The molecule has 0 radical (unpaired) electrons. The molecule has 1 unspecified atom stereocenters. The van der Waals surface area contributed by atoms with Crippen molar-refractivity contribution in [1.29, 1.82) is 5.41 Å². The summed E-state index contributed by atoms with van der Waals surface area (Å²) < 4.78 is 7.00. The molecule has 1 atom stereocenters. The zero-order valence-electron chi connectivity index (χ0n) is 9.63. The third-order valence-corrected chi connectivity index (χ3v) is 3.07. The van der Waals surface area contributed by atoms with Gasteiger partial charge in [-0.05, 0) is 12.5 Å². The number of aromatic hydroxyl groups is 1. The number of pyridine rings is 1. The van der Waals surface area contributed by atoms with Gasteiger partial charge in [-0.25, -0.2) is 0 Å². The first-order chi connectivity index (χ1) is 8.65. The number of fused-ring (bicyclic) bond motifs is 1. The first-order valence-corrected chi connectivity index (χ1v) is 5.66. The van der Waals surface area contributed by atoms with Crippen LogP contribution in [0.3, 0.4) is 0 Å². The van der Waals surface area contributed by atoms with Crippen LogP contribution in [0, 0.1) is 5.41 Å². The van der Waals surface area contributed by atoms with Crippen molar-refractivity contribution >= 4 is 16.9 Å². The number of imidazole rings is 1. The molecule has 1 fully saturated rings. The molecular formula is C11H13N5O2. The Morgan fingerprint density at radius 1 is 1.67 bits per heavy atom. The zero-order chi connectivity index (χ0) is 12.7. The molecule has 0 aromatic carbocycles. The van der Waals surface area contributed by atoms with Crippen LogP contribution in [-0.2, 0) is 11.3 Å². The molecule has 0 spiro atoms. The summed E-state index contributed by atoms with van der Waals surface area (Å²) in [5.41, 5.74) is 7.01. The number of hydrogen-bond acceptors (Lipinski definition) is 5. The number of nitrogen functional groups attached to an aromatic ring is 1. The molecule has 0 bridgehead atoms. The van der Waals surface area contributed by atoms with Crippen LogP contribution in [0.15, 0.2) is 12.3 Å². The molecule has 1 aliphatic heterocycles. The molecule has 0 aliphatic carbocycles. The van der Waals surface area contributed by atoms with Gasteiger partial charge in [0.1, 0.15) is 11.5 Å². The summed E-state index contributed by atoms with van der Waals surface area (Å²) in [6.07, 6.45) is 2.68. The highest BCUT2D eigenvalue weighted by Gasteiger charge is 2.21. The predicted octanol–water partition coefficient (Wildman–Crippen LogP) is 0.210. The fraction of sp³-hybridized carbons (Fsp3) is 0.364. The van der Waals surface area contributed by atoms with Crippen LogP contribution in [0.4, 0.5) is 0 Å². The standard InChI is InChI=1S/C11H13N5O2/c12-10(13)8-3-7-9(4-14-8)16(11(17)15-7)5-6-1-2-18-6/h3-4,6H,1-2,5H2,(H3,12,13)(H,15,17). The van der Waals surface area contributed by atoms with Gasteiger partial charge < -0.3 is 15.6 Å². The second-order valence-electron chi connectivity index (χ2n) is 4.28. The molecule has 1 saturated heterocycles. The second-order valence-corrected chi connectivity index (χ2v) is 4.28. The van der Waals surface area contributed by atoms with Crippen molar-refractivity contribution in [3.8, 4) is 6.01 Å². The number of nitrogens with one attached hydrogen (secondary N) is 1. The largest absolute Gasteiger partial charge is 0.480 e. The normalized spacial score (nSPS) is 18.8. The Bertz CT molecular complexity index is 617. The van der Waals surface area contributed by atoms with Crippen LogP contribution in [-0.4, -0.2) is 38.2 Å². The lowest BCUT2D eigenvalue weighted by atomic mass is 10.2. The molecule has 3 heterocycles. The first kappa shape index (κ1) is 11.0. The van der Waals surface area contributed by atoms with Gasteiger partial charge >= 0.3 is 0 Å². The summed E-state index contributed by atoms with van der Waals surface area (Å²) in [7, 11) is 0. The SMILES string of the molecule is N=C(N)c1cc2nc(O)n(CC3CCO3)c2cn1. The summed E-state index contributed by atoms with van der Waals surface area (Å²) in [5.74, 6) is -0.117. The maximum Gasteiger partial charge on any atom is 0.294 e. The van der Waals surface area contributed by atoms with Crippen molar-refractivity contribution in [2.45, 2.75) is 19.1 Å². The molecule has 2 aromatic rings. The highest BCUT2D eigenvalue weighted by molar-refractivity contribution is 5.95. The van der Waals surface area contributed by atoms with E-state index in [1.807, 2.05) is 0 Å². The molecule has 7 heteroatoms. The molecule has 0 amide bonds. The average molecular weight is 247 g/mol. The quantitative estimate of drug-likeness (QED) is 0.530. The lowest BCUT2D eigenvalue weighted by molar-refractivity contribution is -0.0594. The van der Waals surface area contributed by atoms with Crippen molar-refractivity contribution in [1.82, 2.24) is 14.5 Å². The van der Waals surface area contributed by atoms with E-state index in [1.54, 1.807) is 16.8 Å². The summed E-state index contributed by atoms with van der Waals surface area (Å²) >= 11 is 0. The van der Waals surface area contributed by atoms with Crippen molar-refractivity contribution in [3.63, 3.8) is 0 Å². The Labute approximate surface area is 103 Å². The Balaban J connectivity index is 2.03. The molecule has 7 nitrogen and oxygen atoms in total. The summed E-state index contributed by atoms with van der Waals surface area (Å²) in [6, 6.07) is 1.53. The molecular weight excluding hydrogens is 234 g/mol. The lowest BCUT2D eigenvalue weighted by Crippen LogP contribution is -2.31. The number of ether oxygens (including phenoxy) is 1. The van der Waals surface area contributed by atoms with Gasteiger partial charge in [-0.2, -0.15) is 4.98 Å². The van der Waals surface area contributed by atoms with Gasteiger partial charge in [0.15, 0.2) is 0 Å². The third kappa shape index (κ3) is 1.68. The Kier molecular flexibility index (Phi) is 2.41. The second kappa shape index (κ2) is 3.95. The highest BCUT2D eigenvalue weighted by Crippen LogP contribution is 2.23. The van der Waals surface area contributed by atoms with Gasteiger partial charge in [-0.3, -0.25) is 15.0 Å². The van der Waals surface area contributed by atoms with E-state index in [0.29, 0.717) is 23.3 Å². The van der Waals surface area contributed by atoms with E-state index in [-0.39, 0.29) is 18.0 Å². The lowest BCUT2D eigenvalue weighted by Gasteiger charge is -2.26. The minimum Gasteiger partial charge on any atom is -0.480 e. The average Bonchev–Trinajstić information content (AvgIpc) is 2.58. The van der Waals surface area contributed by atoms with Gasteiger partial charge in [0.25, 0.3) is 6.01 Å². The van der Waals surface area contributed by atoms with E-state index >= 15 is 0 Å². The molecule has 94 valence electrons. The van der Waals surface area contributed by atoms with E-state index in [2.05, 4.69) is 9.97 Å². The van der Waals surface area contributed by atoms with E-state index in [9.17, 15) is 5.11 Å². The summed E-state index contributed by atoms with van der Waals surface area (Å²) in [4.78, 5) is 8.11. The summed E-state index contributed by atoms with van der Waals surface area (Å²) in [6.45, 7) is 1.33. The van der Waals surface area contributed by atoms with E-state index < -0.39 is 0 Å². The summed E-state index contributed by atoms with van der Waals surface area (Å²) in [5, 5.41) is 17.1. The van der Waals surface area contributed by atoms with Crippen LogP contribution < -0.4 is 5.73 Å². The number of rotatable bonds is 3. The van der Waals surface area contributed by atoms with E-state index in [1.165, 1.54) is 0 Å². The van der Waals surface area contributed by atoms with Crippen LogP contribution in [0.25, 0.3) is 11.0 Å². The van der Waals surface area contributed by atoms with Crippen molar-refractivity contribution in [2.24, 2.45) is 5.73 Å². The van der Waals surface area contributed by atoms with E-state index in [4.69, 9.17) is 15.9 Å². The fourth-order valence-corrected chi connectivity index (χ4v) is 1.97. The highest BCUT2D eigenvalue weighted by atomic mass is 16.5. The van der Waals surface area contributed by atoms with Gasteiger partial charge in [-0.15, -0.1) is 0 Å². The molecule has 3 rings (SSSR count). The smallest absolute Gasteiger partial charge is 0.294 e. The van der Waals surface area contributed by atoms with Crippen LogP contribution >= 0.6 is 0 Å². The van der Waals surface area contributed by atoms with Crippen LogP contribution in [0.2, 0.25) is 0 Å². The van der Waals surface area contributed by atoms with Gasteiger partial charge in [0, 0.05) is 6.61 Å². The third-order valence-electron chi connectivity index (χ3n) is 3.07. The van der Waals surface area contributed by atoms with Crippen molar-refractivity contribution in [3.05, 3.63) is 18.0 Å². The van der Waals surface area contributed by atoms with Crippen molar-refractivity contribution in [2.75, 3.05) is 6.61 Å². The predicted molar refractivity (Wildman–Crippen MR) is 64.6 cm³/mol. The molecule has 18 heavy (non-hydrogen) atoms. The van der Waals surface area contributed by atoms with Crippen molar-refractivity contribution < 1.29 is 9.84 Å². The van der Waals surface area contributed by atoms with Gasteiger partial charge in [0.2, 0.25) is 0 Å². The van der Waals surface area contributed by atoms with E-state index in [0.717, 1.165) is 13.0 Å². The molecule has 4 N–H and O–H groups in total. The number of nitrogens with zero attached hydrogens (tertiary/aromatic N) is 3. The first-order valence-electron chi connectivity index (χ1n) is 5.66. The van der Waals surface area contributed by atoms with Crippen LogP contribution in [0.5, 0.6) is 6.01 Å². The van der Waals surface area contributed by atoms with Crippen LogP contribution in [0.1, 0.15) is 12.1 Å². The Hall–Kier alpha value is -2.15. The molecule has 2 aromatic heterocycles. The fourth-order valence-electron chi connectivity index (χ4n) is 1.97. The number of aromatic nitrogens is 3.